The quantitative estimate of drug-likeness (QED) is 0.636. The van der Waals surface area contributed by atoms with Gasteiger partial charge in [0.1, 0.15) is 0 Å². The highest BCUT2D eigenvalue weighted by Gasteiger charge is 1.72. The van der Waals surface area contributed by atoms with Gasteiger partial charge in [0.25, 0.3) is 0 Å². The van der Waals surface area contributed by atoms with E-state index in [4.69, 9.17) is 10.2 Å². The lowest BCUT2D eigenvalue weighted by Crippen LogP contribution is -1.74. The first-order chi connectivity index (χ1) is 8.33. The van der Waals surface area contributed by atoms with Gasteiger partial charge in [-0.2, -0.15) is 0 Å². The maximum absolute atomic E-state index is 8.40. The van der Waals surface area contributed by atoms with E-state index in [2.05, 4.69) is 32.1 Å². The fourth-order valence-electron chi connectivity index (χ4n) is 0.989. The van der Waals surface area contributed by atoms with Gasteiger partial charge < -0.3 is 10.2 Å². The number of aliphatic hydroxyl groups is 2. The van der Waals surface area contributed by atoms with Crippen LogP contribution in [0, 0.1) is 0 Å². The lowest BCUT2D eigenvalue weighted by molar-refractivity contribution is 0.302. The molecule has 2 N–H and O–H groups in total. The van der Waals surface area contributed by atoms with Crippen LogP contribution >= 0.6 is 0 Å². The van der Waals surface area contributed by atoms with Crippen LogP contribution in [-0.2, 0) is 0 Å². The predicted molar refractivity (Wildman–Crippen MR) is 76.0 cm³/mol. The van der Waals surface area contributed by atoms with E-state index in [1.54, 1.807) is 6.08 Å². The Morgan fingerprint density at radius 2 is 1.41 bits per heavy atom. The minimum atomic E-state index is 0.181. The van der Waals surface area contributed by atoms with Crippen molar-refractivity contribution in [3.05, 3.63) is 36.5 Å². The Labute approximate surface area is 106 Å². The topological polar surface area (TPSA) is 40.5 Å². The summed E-state index contributed by atoms with van der Waals surface area (Å²) < 4.78 is 0. The Bertz CT molecular complexity index is 193. The molecule has 0 aromatic rings. The van der Waals surface area contributed by atoms with Crippen molar-refractivity contribution in [1.82, 2.24) is 0 Å². The van der Waals surface area contributed by atoms with Gasteiger partial charge in [0, 0.05) is 6.61 Å². The van der Waals surface area contributed by atoms with Crippen molar-refractivity contribution < 1.29 is 10.2 Å². The molecule has 0 fully saturated rings. The van der Waals surface area contributed by atoms with E-state index in [-0.39, 0.29) is 13.2 Å². The lowest BCUT2D eigenvalue weighted by Gasteiger charge is -1.83. The first-order valence-corrected chi connectivity index (χ1v) is 6.50. The van der Waals surface area contributed by atoms with Gasteiger partial charge in [0.2, 0.25) is 0 Å². The van der Waals surface area contributed by atoms with E-state index in [1.807, 2.05) is 12.2 Å². The summed E-state index contributed by atoms with van der Waals surface area (Å²) in [6.07, 6.45) is 17.2. The number of hydrogen-bond donors (Lipinski definition) is 2. The Morgan fingerprint density at radius 1 is 0.765 bits per heavy atom. The summed E-state index contributed by atoms with van der Waals surface area (Å²) in [6, 6.07) is 0. The van der Waals surface area contributed by atoms with Gasteiger partial charge in [0.05, 0.1) is 6.61 Å². The number of allylic oxidation sites excluding steroid dienone is 4. The van der Waals surface area contributed by atoms with Crippen molar-refractivity contribution in [2.75, 3.05) is 13.2 Å². The zero-order valence-corrected chi connectivity index (χ0v) is 11.3. The maximum atomic E-state index is 8.40. The summed E-state index contributed by atoms with van der Waals surface area (Å²) in [5.74, 6) is 0. The molecule has 2 nitrogen and oxygen atoms in total. The highest BCUT2D eigenvalue weighted by molar-refractivity contribution is 4.92. The van der Waals surface area contributed by atoms with E-state index >= 15 is 0 Å². The van der Waals surface area contributed by atoms with Crippen molar-refractivity contribution in [3.63, 3.8) is 0 Å². The predicted octanol–water partition coefficient (Wildman–Crippen LogP) is 3.62. The minimum Gasteiger partial charge on any atom is -0.396 e. The average molecular weight is 240 g/mol. The third-order valence-corrected chi connectivity index (χ3v) is 1.86. The van der Waals surface area contributed by atoms with Crippen LogP contribution in [0.4, 0.5) is 0 Å². The molecule has 0 atom stereocenters. The highest BCUT2D eigenvalue weighted by Crippen LogP contribution is 1.89. The second kappa shape index (κ2) is 20.5. The van der Waals surface area contributed by atoms with Crippen molar-refractivity contribution >= 4 is 0 Å². The molecule has 0 amide bonds. The molecule has 0 aliphatic heterocycles. The Hall–Kier alpha value is -0.860. The van der Waals surface area contributed by atoms with Gasteiger partial charge in [-0.05, 0) is 25.7 Å². The average Bonchev–Trinajstić information content (AvgIpc) is 2.35. The molecule has 0 saturated heterocycles. The molecule has 2 heteroatoms. The Kier molecular flexibility index (Phi) is 22.4. The second-order valence-electron chi connectivity index (χ2n) is 3.54. The zero-order valence-electron chi connectivity index (χ0n) is 11.3. The van der Waals surface area contributed by atoms with E-state index in [0.717, 1.165) is 32.1 Å². The lowest BCUT2D eigenvalue weighted by atomic mass is 10.3. The van der Waals surface area contributed by atoms with Crippen molar-refractivity contribution in [1.29, 1.82) is 0 Å². The highest BCUT2D eigenvalue weighted by atomic mass is 16.3. The molecule has 0 aliphatic rings. The van der Waals surface area contributed by atoms with E-state index in [9.17, 15) is 0 Å². The fraction of sp³-hybridized carbons (Fsp3) is 0.600. The number of hydrogen-bond acceptors (Lipinski definition) is 2. The summed E-state index contributed by atoms with van der Waals surface area (Å²) in [7, 11) is 0. The molecule has 0 aromatic carbocycles. The number of unbranched alkanes of at least 4 members (excludes halogenated alkanes) is 1. The van der Waals surface area contributed by atoms with Crippen LogP contribution in [0.15, 0.2) is 36.5 Å². The van der Waals surface area contributed by atoms with E-state index < -0.39 is 0 Å². The second-order valence-corrected chi connectivity index (χ2v) is 3.54. The summed E-state index contributed by atoms with van der Waals surface area (Å²) in [5.41, 5.74) is 0. The van der Waals surface area contributed by atoms with Crippen LogP contribution in [0.2, 0.25) is 0 Å². The van der Waals surface area contributed by atoms with Gasteiger partial charge in [0.15, 0.2) is 0 Å². The van der Waals surface area contributed by atoms with Crippen molar-refractivity contribution in [3.8, 4) is 0 Å². The molecule has 0 rings (SSSR count). The Balaban J connectivity index is 0. The molecule has 0 unspecified atom stereocenters. The zero-order chi connectivity index (χ0) is 13.2. The molecule has 0 spiro atoms. The van der Waals surface area contributed by atoms with Gasteiger partial charge >= 0.3 is 0 Å². The van der Waals surface area contributed by atoms with Crippen LogP contribution in [-0.4, -0.2) is 23.4 Å². The maximum Gasteiger partial charge on any atom is 0.0612 e. The SMILES string of the molecule is CC/C=C\C/C=C\CCO.CCC/C=C\CO. The van der Waals surface area contributed by atoms with Crippen LogP contribution in [0.1, 0.15) is 46.0 Å². The summed E-state index contributed by atoms with van der Waals surface area (Å²) in [5, 5.41) is 16.6. The molecule has 17 heavy (non-hydrogen) atoms. The molecule has 0 radical (unpaired) electrons. The van der Waals surface area contributed by atoms with Gasteiger partial charge in [-0.25, -0.2) is 0 Å². The molecule has 0 saturated carbocycles. The molecule has 0 aliphatic carbocycles. The normalized spacial score (nSPS) is 11.3. The van der Waals surface area contributed by atoms with Crippen molar-refractivity contribution in [2.45, 2.75) is 46.0 Å². The summed E-state index contributed by atoms with van der Waals surface area (Å²) in [4.78, 5) is 0. The first kappa shape index (κ1) is 18.5. The molecule has 0 bridgehead atoms. The fourth-order valence-corrected chi connectivity index (χ4v) is 0.989. The molecular formula is C15H28O2. The summed E-state index contributed by atoms with van der Waals surface area (Å²) >= 11 is 0. The Morgan fingerprint density at radius 3 is 1.94 bits per heavy atom. The van der Waals surface area contributed by atoms with Gasteiger partial charge in [-0.3, -0.25) is 0 Å². The third kappa shape index (κ3) is 25.4. The standard InChI is InChI=1S/C9H16O.C6H12O/c1-2-3-4-5-6-7-8-9-10;1-2-3-4-5-6-7/h3-4,6-7,10H,2,5,8-9H2,1H3;4-5,7H,2-3,6H2,1H3/b4-3-,7-6-;5-4-. The van der Waals surface area contributed by atoms with Crippen molar-refractivity contribution in [2.24, 2.45) is 0 Å². The first-order valence-electron chi connectivity index (χ1n) is 6.50. The monoisotopic (exact) mass is 240 g/mol. The molecule has 0 aromatic heterocycles. The third-order valence-electron chi connectivity index (χ3n) is 1.86. The smallest absolute Gasteiger partial charge is 0.0612 e. The van der Waals surface area contributed by atoms with E-state index in [1.165, 1.54) is 0 Å². The van der Waals surface area contributed by atoms with Crippen LogP contribution in [0.5, 0.6) is 0 Å². The van der Waals surface area contributed by atoms with Gasteiger partial charge in [-0.1, -0.05) is 56.7 Å². The summed E-state index contributed by atoms with van der Waals surface area (Å²) in [6.45, 7) is 4.67. The number of aliphatic hydroxyl groups excluding tert-OH is 2. The molecule has 100 valence electrons. The van der Waals surface area contributed by atoms with Crippen LogP contribution < -0.4 is 0 Å². The molecular weight excluding hydrogens is 212 g/mol. The molecule has 0 heterocycles. The largest absolute Gasteiger partial charge is 0.396 e. The number of rotatable bonds is 8. The van der Waals surface area contributed by atoms with Crippen LogP contribution in [0.25, 0.3) is 0 Å². The van der Waals surface area contributed by atoms with Gasteiger partial charge in [-0.15, -0.1) is 0 Å². The minimum absolute atomic E-state index is 0.181. The van der Waals surface area contributed by atoms with Crippen LogP contribution in [0.3, 0.4) is 0 Å². The van der Waals surface area contributed by atoms with E-state index in [0.29, 0.717) is 0 Å².